The highest BCUT2D eigenvalue weighted by atomic mass is 35.5. The van der Waals surface area contributed by atoms with Gasteiger partial charge < -0.3 is 10.2 Å². The minimum Gasteiger partial charge on any atom is -0.314 e. The van der Waals surface area contributed by atoms with Crippen LogP contribution < -0.4 is 10.2 Å². The van der Waals surface area contributed by atoms with Crippen LogP contribution in [-0.4, -0.2) is 49.6 Å². The number of anilines is 1. The van der Waals surface area contributed by atoms with Crippen LogP contribution >= 0.6 is 24.8 Å². The zero-order valence-electron chi connectivity index (χ0n) is 12.0. The Morgan fingerprint density at radius 2 is 1.67 bits per heavy atom. The van der Waals surface area contributed by atoms with Gasteiger partial charge in [0.15, 0.2) is 0 Å². The molecule has 6 heteroatoms. The number of hydrogen-bond acceptors (Lipinski definition) is 3. The lowest BCUT2D eigenvalue weighted by atomic mass is 10.0. The zero-order valence-corrected chi connectivity index (χ0v) is 13.7. The molecule has 1 amide bonds. The van der Waals surface area contributed by atoms with Crippen molar-refractivity contribution in [2.45, 2.75) is 18.9 Å². The molecule has 2 aliphatic heterocycles. The van der Waals surface area contributed by atoms with E-state index in [2.05, 4.69) is 10.2 Å². The molecule has 1 aromatic rings. The van der Waals surface area contributed by atoms with Gasteiger partial charge in [0, 0.05) is 38.4 Å². The van der Waals surface area contributed by atoms with Gasteiger partial charge in [-0.05, 0) is 25.0 Å². The van der Waals surface area contributed by atoms with Gasteiger partial charge in [0.25, 0.3) is 0 Å². The highest BCUT2D eigenvalue weighted by molar-refractivity contribution is 5.97. The van der Waals surface area contributed by atoms with E-state index in [1.165, 1.54) is 0 Å². The molecule has 2 saturated heterocycles. The second-order valence-corrected chi connectivity index (χ2v) is 5.27. The molecule has 0 spiro atoms. The zero-order chi connectivity index (χ0) is 13.1. The summed E-state index contributed by atoms with van der Waals surface area (Å²) in [6.45, 7) is 4.81. The van der Waals surface area contributed by atoms with Gasteiger partial charge in [0.2, 0.25) is 5.91 Å². The summed E-state index contributed by atoms with van der Waals surface area (Å²) in [6.07, 6.45) is 2.09. The maximum atomic E-state index is 12.7. The largest absolute Gasteiger partial charge is 0.314 e. The summed E-state index contributed by atoms with van der Waals surface area (Å²) in [4.78, 5) is 17.0. The standard InChI is InChI=1S/C15H21N3O.2ClH/c19-15-14(17-11-8-16-9-12-17)7-4-10-18(15)13-5-2-1-3-6-13;;/h1-3,5-6,14,16H,4,7-12H2;2*1H. The molecule has 0 saturated carbocycles. The van der Waals surface area contributed by atoms with Crippen LogP contribution in [0.3, 0.4) is 0 Å². The summed E-state index contributed by atoms with van der Waals surface area (Å²) in [5.41, 5.74) is 1.03. The number of carbonyl (C=O) groups is 1. The molecule has 1 N–H and O–H groups in total. The van der Waals surface area contributed by atoms with Crippen molar-refractivity contribution >= 4 is 36.4 Å². The summed E-state index contributed by atoms with van der Waals surface area (Å²) in [6, 6.07) is 10.1. The summed E-state index contributed by atoms with van der Waals surface area (Å²) in [5.74, 6) is 0.277. The lowest BCUT2D eigenvalue weighted by molar-refractivity contribution is -0.125. The van der Waals surface area contributed by atoms with Crippen molar-refractivity contribution in [3.8, 4) is 0 Å². The lowest BCUT2D eigenvalue weighted by Gasteiger charge is -2.40. The predicted molar refractivity (Wildman–Crippen MR) is 90.8 cm³/mol. The number of hydrogen-bond donors (Lipinski definition) is 1. The van der Waals surface area contributed by atoms with Gasteiger partial charge in [-0.3, -0.25) is 9.69 Å². The Kier molecular flexibility index (Phi) is 7.46. The minimum atomic E-state index is 0. The van der Waals surface area contributed by atoms with Gasteiger partial charge in [-0.15, -0.1) is 24.8 Å². The Bertz CT molecular complexity index is 438. The lowest BCUT2D eigenvalue weighted by Crippen LogP contribution is -2.57. The van der Waals surface area contributed by atoms with E-state index in [0.29, 0.717) is 0 Å². The van der Waals surface area contributed by atoms with Crippen LogP contribution in [0.1, 0.15) is 12.8 Å². The number of para-hydroxylation sites is 1. The van der Waals surface area contributed by atoms with E-state index in [4.69, 9.17) is 0 Å². The Morgan fingerprint density at radius 3 is 2.33 bits per heavy atom. The maximum absolute atomic E-state index is 12.7. The first-order valence-corrected chi connectivity index (χ1v) is 7.17. The smallest absolute Gasteiger partial charge is 0.244 e. The summed E-state index contributed by atoms with van der Waals surface area (Å²) in [7, 11) is 0. The van der Waals surface area contributed by atoms with E-state index in [-0.39, 0.29) is 36.8 Å². The van der Waals surface area contributed by atoms with Crippen LogP contribution in [0.15, 0.2) is 30.3 Å². The highest BCUT2D eigenvalue weighted by Gasteiger charge is 2.34. The molecule has 21 heavy (non-hydrogen) atoms. The molecule has 4 nitrogen and oxygen atoms in total. The van der Waals surface area contributed by atoms with Gasteiger partial charge >= 0.3 is 0 Å². The quantitative estimate of drug-likeness (QED) is 0.899. The monoisotopic (exact) mass is 331 g/mol. The van der Waals surface area contributed by atoms with Crippen LogP contribution in [0.5, 0.6) is 0 Å². The van der Waals surface area contributed by atoms with Crippen molar-refractivity contribution in [3.63, 3.8) is 0 Å². The molecular weight excluding hydrogens is 309 g/mol. The van der Waals surface area contributed by atoms with Gasteiger partial charge in [-0.1, -0.05) is 18.2 Å². The van der Waals surface area contributed by atoms with Crippen molar-refractivity contribution in [3.05, 3.63) is 30.3 Å². The average molecular weight is 332 g/mol. The molecular formula is C15H23Cl2N3O. The van der Waals surface area contributed by atoms with E-state index in [1.54, 1.807) is 0 Å². The third-order valence-corrected chi connectivity index (χ3v) is 4.07. The number of amides is 1. The third kappa shape index (κ3) is 4.10. The van der Waals surface area contributed by atoms with Crippen LogP contribution in [0.4, 0.5) is 5.69 Å². The number of benzene rings is 1. The van der Waals surface area contributed by atoms with Crippen molar-refractivity contribution in [2.75, 3.05) is 37.6 Å². The molecule has 1 unspecified atom stereocenters. The van der Waals surface area contributed by atoms with Crippen molar-refractivity contribution in [1.82, 2.24) is 10.2 Å². The van der Waals surface area contributed by atoms with Crippen molar-refractivity contribution < 1.29 is 4.79 Å². The van der Waals surface area contributed by atoms with E-state index < -0.39 is 0 Å². The third-order valence-electron chi connectivity index (χ3n) is 4.07. The number of piperazine rings is 1. The first-order chi connectivity index (χ1) is 9.36. The van der Waals surface area contributed by atoms with Crippen LogP contribution in [-0.2, 0) is 4.79 Å². The van der Waals surface area contributed by atoms with E-state index in [9.17, 15) is 4.79 Å². The summed E-state index contributed by atoms with van der Waals surface area (Å²) in [5, 5.41) is 3.34. The number of nitrogens with one attached hydrogen (secondary N) is 1. The van der Waals surface area contributed by atoms with Crippen LogP contribution in [0.2, 0.25) is 0 Å². The van der Waals surface area contributed by atoms with E-state index >= 15 is 0 Å². The van der Waals surface area contributed by atoms with Gasteiger partial charge in [-0.25, -0.2) is 0 Å². The summed E-state index contributed by atoms with van der Waals surface area (Å²) < 4.78 is 0. The van der Waals surface area contributed by atoms with E-state index in [0.717, 1.165) is 51.3 Å². The Labute approximate surface area is 138 Å². The number of carbonyl (C=O) groups excluding carboxylic acids is 1. The first-order valence-electron chi connectivity index (χ1n) is 7.17. The molecule has 2 heterocycles. The Morgan fingerprint density at radius 1 is 1.00 bits per heavy atom. The summed E-state index contributed by atoms with van der Waals surface area (Å²) >= 11 is 0. The fraction of sp³-hybridized carbons (Fsp3) is 0.533. The van der Waals surface area contributed by atoms with E-state index in [1.807, 2.05) is 35.2 Å². The number of nitrogens with zero attached hydrogens (tertiary/aromatic N) is 2. The minimum absolute atomic E-state index is 0. The van der Waals surface area contributed by atoms with Crippen LogP contribution in [0, 0.1) is 0 Å². The second-order valence-electron chi connectivity index (χ2n) is 5.27. The highest BCUT2D eigenvalue weighted by Crippen LogP contribution is 2.23. The topological polar surface area (TPSA) is 35.6 Å². The molecule has 1 atom stereocenters. The maximum Gasteiger partial charge on any atom is 0.244 e. The Hall–Kier alpha value is -0.810. The molecule has 0 radical (unpaired) electrons. The molecule has 0 aromatic heterocycles. The van der Waals surface area contributed by atoms with Gasteiger partial charge in [-0.2, -0.15) is 0 Å². The molecule has 1 aromatic carbocycles. The Balaban J connectivity index is 0.00000110. The van der Waals surface area contributed by atoms with Gasteiger partial charge in [0.1, 0.15) is 0 Å². The van der Waals surface area contributed by atoms with Crippen LogP contribution in [0.25, 0.3) is 0 Å². The SMILES string of the molecule is Cl.Cl.O=C1C(N2CCNCC2)CCCN1c1ccccc1. The second kappa shape index (κ2) is 8.59. The number of halogens is 2. The average Bonchev–Trinajstić information content (AvgIpc) is 2.49. The molecule has 118 valence electrons. The fourth-order valence-electron chi connectivity index (χ4n) is 3.05. The van der Waals surface area contributed by atoms with Crippen molar-refractivity contribution in [1.29, 1.82) is 0 Å². The molecule has 3 rings (SSSR count). The first kappa shape index (κ1) is 18.2. The molecule has 2 fully saturated rings. The molecule has 0 aliphatic carbocycles. The normalized spacial score (nSPS) is 23.1. The molecule has 0 bridgehead atoms. The molecule has 2 aliphatic rings. The number of rotatable bonds is 2. The van der Waals surface area contributed by atoms with Gasteiger partial charge in [0.05, 0.1) is 6.04 Å². The van der Waals surface area contributed by atoms with Crippen molar-refractivity contribution in [2.24, 2.45) is 0 Å². The number of piperidine rings is 1. The predicted octanol–water partition coefficient (Wildman–Crippen LogP) is 1.93. The fourth-order valence-corrected chi connectivity index (χ4v) is 3.05.